The normalized spacial score (nSPS) is 28.2. The molecule has 144 valence electrons. The van der Waals surface area contributed by atoms with E-state index in [2.05, 4.69) is 10.6 Å². The molecule has 0 unspecified atom stereocenters. The molecule has 2 aromatic rings. The van der Waals surface area contributed by atoms with E-state index < -0.39 is 36.7 Å². The zero-order chi connectivity index (χ0) is 19.5. The van der Waals surface area contributed by atoms with Gasteiger partial charge < -0.3 is 30.0 Å². The number of carbonyl (C=O) groups is 1. The fourth-order valence-electron chi connectivity index (χ4n) is 3.33. The molecular weight excluding hydrogens is 362 g/mol. The van der Waals surface area contributed by atoms with Crippen LogP contribution in [0.5, 0.6) is 5.75 Å². The van der Waals surface area contributed by atoms with Gasteiger partial charge in [0.05, 0.1) is 24.3 Å². The van der Waals surface area contributed by atoms with Crippen LogP contribution in [-0.2, 0) is 9.47 Å². The van der Waals surface area contributed by atoms with E-state index in [1.807, 2.05) is 24.3 Å². The van der Waals surface area contributed by atoms with E-state index >= 15 is 0 Å². The molecule has 2 bridgehead atoms. The monoisotopic (exact) mass is 381 g/mol. The zero-order valence-corrected chi connectivity index (χ0v) is 14.8. The molecule has 2 fully saturated rings. The van der Waals surface area contributed by atoms with Crippen LogP contribution in [0.25, 0.3) is 0 Å². The Labute approximate surface area is 161 Å². The number of rotatable bonds is 4. The first-order valence-corrected chi connectivity index (χ1v) is 8.88. The second-order valence-corrected chi connectivity index (χ2v) is 6.58. The highest BCUT2D eigenvalue weighted by Crippen LogP contribution is 2.31. The highest BCUT2D eigenvalue weighted by atomic mass is 16.7. The number of amides is 2. The van der Waals surface area contributed by atoms with Gasteiger partial charge in [-0.25, -0.2) is 4.79 Å². The molecule has 2 aliphatic rings. The third-order valence-electron chi connectivity index (χ3n) is 4.67. The van der Waals surface area contributed by atoms with Crippen LogP contribution in [-0.4, -0.2) is 48.4 Å². The Kier molecular flexibility index (Phi) is 5.12. The van der Waals surface area contributed by atoms with Gasteiger partial charge in [-0.1, -0.05) is 24.3 Å². The number of carbonyl (C=O) groups excluding carboxylic acids is 1. The third-order valence-corrected chi connectivity index (χ3v) is 4.67. The van der Waals surface area contributed by atoms with Gasteiger partial charge in [0.25, 0.3) is 0 Å². The number of benzene rings is 2. The number of urea groups is 1. The molecule has 2 saturated heterocycles. The first-order chi connectivity index (χ1) is 13.6. The fraction of sp³-hybridized carbons (Fsp3) is 0.300. The van der Waals surface area contributed by atoms with Gasteiger partial charge in [0.2, 0.25) is 0 Å². The van der Waals surface area contributed by atoms with Gasteiger partial charge in [-0.3, -0.25) is 0 Å². The van der Waals surface area contributed by atoms with Gasteiger partial charge >= 0.3 is 6.03 Å². The van der Waals surface area contributed by atoms with Crippen LogP contribution in [0, 0.1) is 11.3 Å². The molecule has 2 aliphatic heterocycles. The van der Waals surface area contributed by atoms with E-state index in [0.717, 1.165) is 0 Å². The highest BCUT2D eigenvalue weighted by Gasteiger charge is 2.52. The Morgan fingerprint density at radius 1 is 1.21 bits per heavy atom. The Bertz CT molecular complexity index is 885. The summed E-state index contributed by atoms with van der Waals surface area (Å²) in [5, 5.41) is 25.1. The molecule has 0 spiro atoms. The van der Waals surface area contributed by atoms with Gasteiger partial charge in [0.1, 0.15) is 18.0 Å². The molecule has 4 rings (SSSR count). The molecule has 0 aromatic heterocycles. The van der Waals surface area contributed by atoms with Crippen molar-refractivity contribution in [3.63, 3.8) is 0 Å². The van der Waals surface area contributed by atoms with Crippen molar-refractivity contribution >= 4 is 11.7 Å². The van der Waals surface area contributed by atoms with E-state index in [1.165, 1.54) is 0 Å². The summed E-state index contributed by atoms with van der Waals surface area (Å²) in [5.41, 5.74) is 0.905. The minimum Gasteiger partial charge on any atom is -0.482 e. The average molecular weight is 381 g/mol. The van der Waals surface area contributed by atoms with E-state index in [0.29, 0.717) is 17.0 Å². The fourth-order valence-corrected chi connectivity index (χ4v) is 3.33. The minimum atomic E-state index is -1.03. The lowest BCUT2D eigenvalue weighted by atomic mass is 9.98. The summed E-state index contributed by atoms with van der Waals surface area (Å²) in [6, 6.07) is 16.4. The Morgan fingerprint density at radius 2 is 2.04 bits per heavy atom. The van der Waals surface area contributed by atoms with Crippen molar-refractivity contribution in [1.82, 2.24) is 5.32 Å². The number of fused-ring (bicyclic) bond motifs is 2. The lowest BCUT2D eigenvalue weighted by Gasteiger charge is -2.38. The number of aliphatic hydroxyl groups excluding tert-OH is 1. The van der Waals surface area contributed by atoms with Crippen LogP contribution in [0.15, 0.2) is 54.6 Å². The molecule has 2 aromatic carbocycles. The Balaban J connectivity index is 1.44. The van der Waals surface area contributed by atoms with Gasteiger partial charge in [-0.05, 0) is 30.3 Å². The first kappa shape index (κ1) is 18.3. The van der Waals surface area contributed by atoms with Crippen LogP contribution in [0.3, 0.4) is 0 Å². The van der Waals surface area contributed by atoms with Gasteiger partial charge in [-0.15, -0.1) is 0 Å². The number of para-hydroxylation sites is 1. The van der Waals surface area contributed by atoms with Crippen molar-refractivity contribution in [2.75, 3.05) is 11.9 Å². The van der Waals surface area contributed by atoms with E-state index in [4.69, 9.17) is 19.5 Å². The summed E-state index contributed by atoms with van der Waals surface area (Å²) < 4.78 is 17.2. The molecule has 0 saturated carbocycles. The summed E-state index contributed by atoms with van der Waals surface area (Å²) >= 11 is 0. The Hall–Kier alpha value is -3.12. The van der Waals surface area contributed by atoms with E-state index in [1.54, 1.807) is 36.4 Å². The highest BCUT2D eigenvalue weighted by molar-refractivity contribution is 5.89. The number of hydrogen-bond acceptors (Lipinski definition) is 6. The van der Waals surface area contributed by atoms with Crippen molar-refractivity contribution < 1.29 is 24.1 Å². The van der Waals surface area contributed by atoms with Gasteiger partial charge in [-0.2, -0.15) is 5.26 Å². The second-order valence-electron chi connectivity index (χ2n) is 6.58. The lowest BCUT2D eigenvalue weighted by Crippen LogP contribution is -2.62. The van der Waals surface area contributed by atoms with Crippen molar-refractivity contribution in [2.24, 2.45) is 0 Å². The van der Waals surface area contributed by atoms with Gasteiger partial charge in [0, 0.05) is 5.69 Å². The van der Waals surface area contributed by atoms with Crippen LogP contribution >= 0.6 is 0 Å². The molecule has 2 amide bonds. The second kappa shape index (κ2) is 7.86. The maximum atomic E-state index is 12.4. The number of hydrogen-bond donors (Lipinski definition) is 3. The van der Waals surface area contributed by atoms with E-state index in [9.17, 15) is 9.90 Å². The summed E-state index contributed by atoms with van der Waals surface area (Å²) in [6.07, 6.45) is -2.99. The molecule has 28 heavy (non-hydrogen) atoms. The van der Waals surface area contributed by atoms with Crippen molar-refractivity contribution in [3.05, 3.63) is 60.2 Å². The number of nitriles is 1. The van der Waals surface area contributed by atoms with Gasteiger partial charge in [0.15, 0.2) is 12.4 Å². The van der Waals surface area contributed by atoms with Crippen molar-refractivity contribution in [3.8, 4) is 11.8 Å². The lowest BCUT2D eigenvalue weighted by molar-refractivity contribution is -0.192. The number of nitrogens with one attached hydrogen (secondary N) is 2. The molecule has 3 N–H and O–H groups in total. The standard InChI is InChI=1S/C20H19N3O5/c21-10-12-5-4-6-13(9-12)22-20(25)23-16-15-11-26-19(28-15)18(17(16)24)27-14-7-2-1-3-8-14/h1-9,15-19,24H,11H2,(H2,22,23,25)/t15-,16+,17-,18-,19+/m0/s1. The number of nitrogens with zero attached hydrogens (tertiary/aromatic N) is 1. The summed E-state index contributed by atoms with van der Waals surface area (Å²) in [7, 11) is 0. The third kappa shape index (κ3) is 3.77. The topological polar surface area (TPSA) is 113 Å². The molecule has 5 atom stereocenters. The van der Waals surface area contributed by atoms with Crippen molar-refractivity contribution in [2.45, 2.75) is 30.6 Å². The number of aliphatic hydroxyl groups is 1. The Morgan fingerprint density at radius 3 is 2.82 bits per heavy atom. The number of anilines is 1. The average Bonchev–Trinajstić information content (AvgIpc) is 3.16. The van der Waals surface area contributed by atoms with Crippen LogP contribution in [0.2, 0.25) is 0 Å². The predicted molar refractivity (Wildman–Crippen MR) is 98.6 cm³/mol. The summed E-state index contributed by atoms with van der Waals surface area (Å²) in [4.78, 5) is 12.4. The molecule has 8 nitrogen and oxygen atoms in total. The largest absolute Gasteiger partial charge is 0.482 e. The SMILES string of the molecule is N#Cc1cccc(NC(=O)N[C@H]2[C@H](O)[C@H](Oc3ccccc3)[C@@H]3OC[C@@H]2O3)c1. The predicted octanol–water partition coefficient (Wildman–Crippen LogP) is 1.61. The zero-order valence-electron chi connectivity index (χ0n) is 14.8. The number of ether oxygens (including phenoxy) is 3. The molecule has 0 radical (unpaired) electrons. The van der Waals surface area contributed by atoms with Crippen molar-refractivity contribution in [1.29, 1.82) is 5.26 Å². The molecule has 0 aliphatic carbocycles. The maximum Gasteiger partial charge on any atom is 0.319 e. The quantitative estimate of drug-likeness (QED) is 0.742. The summed E-state index contributed by atoms with van der Waals surface area (Å²) in [6.45, 7) is 0.241. The summed E-state index contributed by atoms with van der Waals surface area (Å²) in [5.74, 6) is 0.570. The smallest absolute Gasteiger partial charge is 0.319 e. The minimum absolute atomic E-state index is 0.241. The maximum absolute atomic E-state index is 12.4. The van der Waals surface area contributed by atoms with Crippen LogP contribution < -0.4 is 15.4 Å². The van der Waals surface area contributed by atoms with Crippen LogP contribution in [0.4, 0.5) is 10.5 Å². The van der Waals surface area contributed by atoms with E-state index in [-0.39, 0.29) is 6.61 Å². The first-order valence-electron chi connectivity index (χ1n) is 8.88. The molecule has 8 heteroatoms. The molecular formula is C20H19N3O5. The van der Waals surface area contributed by atoms with Crippen LogP contribution in [0.1, 0.15) is 5.56 Å². The molecule has 2 heterocycles.